The summed E-state index contributed by atoms with van der Waals surface area (Å²) < 4.78 is 10.5. The van der Waals surface area contributed by atoms with Gasteiger partial charge in [0.2, 0.25) is 5.91 Å². The predicted molar refractivity (Wildman–Crippen MR) is 107 cm³/mol. The Morgan fingerprint density at radius 2 is 1.89 bits per heavy atom. The average Bonchev–Trinajstić information content (AvgIpc) is 3.08. The van der Waals surface area contributed by atoms with E-state index in [1.54, 1.807) is 32.4 Å². The van der Waals surface area contributed by atoms with Crippen LogP contribution in [0, 0.1) is 0 Å². The highest BCUT2D eigenvalue weighted by atomic mass is 16.5. The second-order valence-corrected chi connectivity index (χ2v) is 6.40. The minimum atomic E-state index is -0.0430. The molecule has 142 valence electrons. The van der Waals surface area contributed by atoms with Crippen LogP contribution in [0.15, 0.2) is 36.4 Å². The van der Waals surface area contributed by atoms with Crippen LogP contribution in [0.5, 0.6) is 11.5 Å². The molecule has 0 radical (unpaired) electrons. The number of methoxy groups -OCH3 is 2. The zero-order chi connectivity index (χ0) is 19.2. The van der Waals surface area contributed by atoms with E-state index >= 15 is 0 Å². The molecule has 0 spiro atoms. The first-order valence-corrected chi connectivity index (χ1v) is 9.12. The number of ether oxygens (including phenoxy) is 2. The summed E-state index contributed by atoms with van der Waals surface area (Å²) in [5.74, 6) is 2.18. The summed E-state index contributed by atoms with van der Waals surface area (Å²) in [4.78, 5) is 20.2. The van der Waals surface area contributed by atoms with Crippen LogP contribution >= 0.6 is 0 Å². The van der Waals surface area contributed by atoms with Crippen molar-refractivity contribution in [3.8, 4) is 11.5 Å². The monoisotopic (exact) mass is 367 g/mol. The second kappa shape index (κ2) is 8.58. The van der Waals surface area contributed by atoms with Gasteiger partial charge in [0, 0.05) is 24.6 Å². The molecule has 2 aromatic carbocycles. The van der Waals surface area contributed by atoms with Crippen molar-refractivity contribution in [1.82, 2.24) is 9.97 Å². The number of rotatable bonds is 8. The molecule has 1 heterocycles. The molecule has 1 aromatic heterocycles. The van der Waals surface area contributed by atoms with Crippen molar-refractivity contribution >= 4 is 22.6 Å². The molecule has 0 saturated heterocycles. The fourth-order valence-electron chi connectivity index (χ4n) is 3.02. The van der Waals surface area contributed by atoms with Gasteiger partial charge in [-0.1, -0.05) is 13.0 Å². The van der Waals surface area contributed by atoms with Crippen molar-refractivity contribution in [2.45, 2.75) is 32.6 Å². The molecule has 6 heteroatoms. The first-order chi connectivity index (χ1) is 13.1. The van der Waals surface area contributed by atoms with E-state index < -0.39 is 0 Å². The number of benzene rings is 2. The molecule has 2 N–H and O–H groups in total. The summed E-state index contributed by atoms with van der Waals surface area (Å²) >= 11 is 0. The number of H-pyrrole nitrogens is 1. The number of nitrogens with zero attached hydrogens (tertiary/aromatic N) is 1. The third kappa shape index (κ3) is 4.58. The van der Waals surface area contributed by atoms with E-state index in [1.165, 1.54) is 0 Å². The van der Waals surface area contributed by atoms with Gasteiger partial charge in [-0.05, 0) is 42.7 Å². The minimum absolute atomic E-state index is 0.0430. The lowest BCUT2D eigenvalue weighted by Gasteiger charge is -2.10. The zero-order valence-corrected chi connectivity index (χ0v) is 16.0. The highest BCUT2D eigenvalue weighted by molar-refractivity contribution is 5.91. The molecule has 3 rings (SSSR count). The molecule has 1 amide bonds. The molecule has 0 aliphatic rings. The lowest BCUT2D eigenvalue weighted by atomic mass is 10.1. The van der Waals surface area contributed by atoms with Gasteiger partial charge in [-0.15, -0.1) is 0 Å². The number of amides is 1. The topological polar surface area (TPSA) is 76.2 Å². The summed E-state index contributed by atoms with van der Waals surface area (Å²) in [6.45, 7) is 2.13. The fourth-order valence-corrected chi connectivity index (χ4v) is 3.02. The number of nitrogens with one attached hydrogen (secondary N) is 2. The Balaban J connectivity index is 1.61. The standard InChI is InChI=1S/C21H25N3O3/c1-4-5-20-23-16-9-6-14(12-17(16)24-20)7-11-21(25)22-15-8-10-18(26-2)19(13-15)27-3/h6,8-10,12-13H,4-5,7,11H2,1-3H3,(H,22,25)(H,23,24). The smallest absolute Gasteiger partial charge is 0.224 e. The van der Waals surface area contributed by atoms with E-state index in [0.29, 0.717) is 30.0 Å². The Bertz CT molecular complexity index is 934. The van der Waals surface area contributed by atoms with E-state index in [0.717, 1.165) is 35.3 Å². The summed E-state index contributed by atoms with van der Waals surface area (Å²) in [6, 6.07) is 11.4. The van der Waals surface area contributed by atoms with E-state index in [4.69, 9.17) is 9.47 Å². The second-order valence-electron chi connectivity index (χ2n) is 6.40. The number of aromatic amines is 1. The first kappa shape index (κ1) is 18.8. The van der Waals surface area contributed by atoms with Crippen molar-refractivity contribution in [2.24, 2.45) is 0 Å². The summed E-state index contributed by atoms with van der Waals surface area (Å²) in [5.41, 5.74) is 3.79. The van der Waals surface area contributed by atoms with Crippen LogP contribution < -0.4 is 14.8 Å². The minimum Gasteiger partial charge on any atom is -0.493 e. The average molecular weight is 367 g/mol. The number of aryl methyl sites for hydroxylation is 2. The molecule has 0 bridgehead atoms. The third-order valence-corrected chi connectivity index (χ3v) is 4.39. The fraction of sp³-hybridized carbons (Fsp3) is 0.333. The third-order valence-electron chi connectivity index (χ3n) is 4.39. The molecule has 3 aromatic rings. The molecule has 6 nitrogen and oxygen atoms in total. The molecule has 0 saturated carbocycles. The normalized spacial score (nSPS) is 10.8. The number of hydrogen-bond acceptors (Lipinski definition) is 4. The van der Waals surface area contributed by atoms with Crippen LogP contribution in [0.25, 0.3) is 11.0 Å². The molecule has 27 heavy (non-hydrogen) atoms. The summed E-state index contributed by atoms with van der Waals surface area (Å²) in [5, 5.41) is 2.90. The van der Waals surface area contributed by atoms with E-state index in [1.807, 2.05) is 12.1 Å². The molecule has 0 aliphatic carbocycles. The number of anilines is 1. The summed E-state index contributed by atoms with van der Waals surface area (Å²) in [6.07, 6.45) is 3.06. The van der Waals surface area contributed by atoms with Gasteiger partial charge in [0.05, 0.1) is 25.3 Å². The molecular weight excluding hydrogens is 342 g/mol. The van der Waals surface area contributed by atoms with Gasteiger partial charge in [-0.25, -0.2) is 4.98 Å². The first-order valence-electron chi connectivity index (χ1n) is 9.12. The molecule has 0 unspecified atom stereocenters. The van der Waals surface area contributed by atoms with Crippen molar-refractivity contribution in [2.75, 3.05) is 19.5 Å². The predicted octanol–water partition coefficient (Wildman–Crippen LogP) is 4.10. The Hall–Kier alpha value is -3.02. The number of hydrogen-bond donors (Lipinski definition) is 2. The maximum Gasteiger partial charge on any atom is 0.224 e. The van der Waals surface area contributed by atoms with Crippen LogP contribution in [-0.4, -0.2) is 30.1 Å². The Morgan fingerprint density at radius 3 is 2.63 bits per heavy atom. The number of aromatic nitrogens is 2. The van der Waals surface area contributed by atoms with Crippen LogP contribution in [0.4, 0.5) is 5.69 Å². The highest BCUT2D eigenvalue weighted by Gasteiger charge is 2.09. The Morgan fingerprint density at radius 1 is 1.07 bits per heavy atom. The number of imidazole rings is 1. The van der Waals surface area contributed by atoms with Gasteiger partial charge in [-0.3, -0.25) is 4.79 Å². The van der Waals surface area contributed by atoms with Gasteiger partial charge in [-0.2, -0.15) is 0 Å². The molecular formula is C21H25N3O3. The van der Waals surface area contributed by atoms with Crippen molar-refractivity contribution in [3.05, 3.63) is 47.8 Å². The quantitative estimate of drug-likeness (QED) is 0.628. The lowest BCUT2D eigenvalue weighted by Crippen LogP contribution is -2.12. The van der Waals surface area contributed by atoms with Gasteiger partial charge in [0.1, 0.15) is 5.82 Å². The number of carbonyl (C=O) groups excluding carboxylic acids is 1. The molecule has 0 fully saturated rings. The van der Waals surface area contributed by atoms with E-state index in [-0.39, 0.29) is 5.91 Å². The lowest BCUT2D eigenvalue weighted by molar-refractivity contribution is -0.116. The van der Waals surface area contributed by atoms with Crippen molar-refractivity contribution < 1.29 is 14.3 Å². The van der Waals surface area contributed by atoms with Gasteiger partial charge < -0.3 is 19.8 Å². The van der Waals surface area contributed by atoms with Gasteiger partial charge in [0.25, 0.3) is 0 Å². The zero-order valence-electron chi connectivity index (χ0n) is 16.0. The maximum absolute atomic E-state index is 12.3. The Labute approximate surface area is 158 Å². The molecule has 0 aliphatic heterocycles. The van der Waals surface area contributed by atoms with Crippen LogP contribution in [0.1, 0.15) is 31.2 Å². The Kier molecular flexibility index (Phi) is 5.96. The van der Waals surface area contributed by atoms with E-state index in [2.05, 4.69) is 28.3 Å². The van der Waals surface area contributed by atoms with Crippen LogP contribution in [-0.2, 0) is 17.6 Å². The van der Waals surface area contributed by atoms with E-state index in [9.17, 15) is 4.79 Å². The molecule has 0 atom stereocenters. The number of fused-ring (bicyclic) bond motifs is 1. The largest absolute Gasteiger partial charge is 0.493 e. The van der Waals surface area contributed by atoms with Crippen LogP contribution in [0.2, 0.25) is 0 Å². The van der Waals surface area contributed by atoms with Gasteiger partial charge >= 0.3 is 0 Å². The maximum atomic E-state index is 12.3. The SMILES string of the molecule is CCCc1nc2ccc(CCC(=O)Nc3ccc(OC)c(OC)c3)cc2[nH]1. The highest BCUT2D eigenvalue weighted by Crippen LogP contribution is 2.29. The van der Waals surface area contributed by atoms with Gasteiger partial charge in [0.15, 0.2) is 11.5 Å². The number of carbonyl (C=O) groups is 1. The van der Waals surface area contributed by atoms with Crippen molar-refractivity contribution in [1.29, 1.82) is 0 Å². The van der Waals surface area contributed by atoms with Crippen LogP contribution in [0.3, 0.4) is 0 Å². The summed E-state index contributed by atoms with van der Waals surface area (Å²) in [7, 11) is 3.15. The van der Waals surface area contributed by atoms with Crippen molar-refractivity contribution in [3.63, 3.8) is 0 Å².